The zero-order valence-corrected chi connectivity index (χ0v) is 12.1. The zero-order valence-electron chi connectivity index (χ0n) is 10.5. The van der Waals surface area contributed by atoms with Crippen LogP contribution in [0.4, 0.5) is 0 Å². The molecule has 4 heteroatoms. The first kappa shape index (κ1) is 13.0. The Labute approximate surface area is 115 Å². The van der Waals surface area contributed by atoms with Gasteiger partial charge in [-0.3, -0.25) is 9.48 Å². The molecule has 0 unspecified atom stereocenters. The summed E-state index contributed by atoms with van der Waals surface area (Å²) in [5, 5.41) is 4.39. The molecule has 1 heterocycles. The standard InChI is InChI=1S/C14H15BrN2O/c1-3-11-14(15)12(17(2)16-11)9-13(18)10-7-5-4-6-8-10/h4-8H,3,9H2,1-2H3. The molecule has 2 aromatic rings. The Morgan fingerprint density at radius 2 is 2.00 bits per heavy atom. The molecule has 0 aliphatic carbocycles. The van der Waals surface area contributed by atoms with E-state index in [4.69, 9.17) is 0 Å². The Kier molecular flexibility index (Phi) is 3.97. The van der Waals surface area contributed by atoms with Crippen molar-refractivity contribution in [3.8, 4) is 0 Å². The van der Waals surface area contributed by atoms with Crippen LogP contribution in [-0.2, 0) is 19.9 Å². The number of ketones is 1. The Bertz CT molecular complexity index is 561. The predicted octanol–water partition coefficient (Wildman–Crippen LogP) is 3.17. The van der Waals surface area contributed by atoms with Crippen molar-refractivity contribution in [2.24, 2.45) is 7.05 Å². The van der Waals surface area contributed by atoms with E-state index < -0.39 is 0 Å². The zero-order chi connectivity index (χ0) is 13.1. The maximum absolute atomic E-state index is 12.2. The van der Waals surface area contributed by atoms with Crippen molar-refractivity contribution in [3.05, 3.63) is 51.8 Å². The summed E-state index contributed by atoms with van der Waals surface area (Å²) < 4.78 is 2.74. The van der Waals surface area contributed by atoms with Crippen molar-refractivity contribution in [1.29, 1.82) is 0 Å². The van der Waals surface area contributed by atoms with Crippen LogP contribution in [0, 0.1) is 0 Å². The van der Waals surface area contributed by atoms with Gasteiger partial charge in [-0.1, -0.05) is 37.3 Å². The van der Waals surface area contributed by atoms with Crippen molar-refractivity contribution in [2.45, 2.75) is 19.8 Å². The molecule has 18 heavy (non-hydrogen) atoms. The van der Waals surface area contributed by atoms with E-state index in [1.54, 1.807) is 4.68 Å². The van der Waals surface area contributed by atoms with Crippen LogP contribution in [0.3, 0.4) is 0 Å². The molecule has 0 N–H and O–H groups in total. The first-order valence-corrected chi connectivity index (χ1v) is 6.71. The molecule has 0 aliphatic heterocycles. The summed E-state index contributed by atoms with van der Waals surface area (Å²) in [5.41, 5.74) is 2.66. The molecule has 0 aliphatic rings. The summed E-state index contributed by atoms with van der Waals surface area (Å²) in [4.78, 5) is 12.2. The monoisotopic (exact) mass is 306 g/mol. The quantitative estimate of drug-likeness (QED) is 0.813. The van der Waals surface area contributed by atoms with Crippen LogP contribution in [0.5, 0.6) is 0 Å². The van der Waals surface area contributed by atoms with Gasteiger partial charge in [0.15, 0.2) is 5.78 Å². The van der Waals surface area contributed by atoms with E-state index in [2.05, 4.69) is 28.0 Å². The smallest absolute Gasteiger partial charge is 0.168 e. The maximum Gasteiger partial charge on any atom is 0.168 e. The molecule has 0 saturated heterocycles. The molecular formula is C14H15BrN2O. The molecule has 1 aromatic carbocycles. The Morgan fingerprint density at radius 1 is 1.33 bits per heavy atom. The van der Waals surface area contributed by atoms with E-state index in [1.807, 2.05) is 37.4 Å². The van der Waals surface area contributed by atoms with Gasteiger partial charge in [-0.15, -0.1) is 0 Å². The lowest BCUT2D eigenvalue weighted by atomic mass is 10.1. The van der Waals surface area contributed by atoms with Gasteiger partial charge in [0.25, 0.3) is 0 Å². The van der Waals surface area contributed by atoms with Crippen LogP contribution >= 0.6 is 15.9 Å². The number of carbonyl (C=O) groups is 1. The van der Waals surface area contributed by atoms with Crippen molar-refractivity contribution in [2.75, 3.05) is 0 Å². The van der Waals surface area contributed by atoms with Gasteiger partial charge in [-0.2, -0.15) is 5.10 Å². The van der Waals surface area contributed by atoms with E-state index in [1.165, 1.54) is 0 Å². The van der Waals surface area contributed by atoms with Crippen LogP contribution in [0.15, 0.2) is 34.8 Å². The van der Waals surface area contributed by atoms with Gasteiger partial charge >= 0.3 is 0 Å². The molecule has 0 spiro atoms. The number of carbonyl (C=O) groups excluding carboxylic acids is 1. The highest BCUT2D eigenvalue weighted by molar-refractivity contribution is 9.10. The van der Waals surface area contributed by atoms with Crippen molar-refractivity contribution >= 4 is 21.7 Å². The van der Waals surface area contributed by atoms with Crippen LogP contribution in [0.1, 0.15) is 28.7 Å². The van der Waals surface area contributed by atoms with Crippen LogP contribution in [0.25, 0.3) is 0 Å². The van der Waals surface area contributed by atoms with Crippen molar-refractivity contribution in [3.63, 3.8) is 0 Å². The molecule has 1 aromatic heterocycles. The molecule has 3 nitrogen and oxygen atoms in total. The molecule has 0 fully saturated rings. The number of aromatic nitrogens is 2. The highest BCUT2D eigenvalue weighted by Gasteiger charge is 2.16. The van der Waals surface area contributed by atoms with Crippen LogP contribution < -0.4 is 0 Å². The fraction of sp³-hybridized carbons (Fsp3) is 0.286. The van der Waals surface area contributed by atoms with Gasteiger partial charge in [-0.05, 0) is 22.4 Å². The van der Waals surface area contributed by atoms with Gasteiger partial charge in [0.05, 0.1) is 22.3 Å². The number of benzene rings is 1. The fourth-order valence-electron chi connectivity index (χ4n) is 1.89. The number of halogens is 1. The maximum atomic E-state index is 12.2. The molecule has 0 saturated carbocycles. The number of aryl methyl sites for hydroxylation is 2. The summed E-state index contributed by atoms with van der Waals surface area (Å²) in [6, 6.07) is 9.35. The van der Waals surface area contributed by atoms with Gasteiger partial charge in [0.2, 0.25) is 0 Å². The lowest BCUT2D eigenvalue weighted by molar-refractivity contribution is 0.0990. The first-order chi connectivity index (χ1) is 8.63. The summed E-state index contributed by atoms with van der Waals surface area (Å²) in [6.07, 6.45) is 1.22. The highest BCUT2D eigenvalue weighted by Crippen LogP contribution is 2.22. The van der Waals surface area contributed by atoms with E-state index >= 15 is 0 Å². The number of rotatable bonds is 4. The first-order valence-electron chi connectivity index (χ1n) is 5.92. The third-order valence-corrected chi connectivity index (χ3v) is 3.84. The third kappa shape index (κ3) is 2.53. The van der Waals surface area contributed by atoms with Gasteiger partial charge in [0.1, 0.15) is 0 Å². The van der Waals surface area contributed by atoms with E-state index in [-0.39, 0.29) is 5.78 Å². The number of hydrogen-bond donors (Lipinski definition) is 0. The largest absolute Gasteiger partial charge is 0.294 e. The Hall–Kier alpha value is -1.42. The predicted molar refractivity (Wildman–Crippen MR) is 74.8 cm³/mol. The number of nitrogens with zero attached hydrogens (tertiary/aromatic N) is 2. The second-order valence-corrected chi connectivity index (χ2v) is 4.94. The number of hydrogen-bond acceptors (Lipinski definition) is 2. The third-order valence-electron chi connectivity index (χ3n) is 2.93. The minimum Gasteiger partial charge on any atom is -0.294 e. The SMILES string of the molecule is CCc1nn(C)c(CC(=O)c2ccccc2)c1Br. The molecule has 0 bridgehead atoms. The van der Waals surface area contributed by atoms with Crippen molar-refractivity contribution in [1.82, 2.24) is 9.78 Å². The Morgan fingerprint density at radius 3 is 2.56 bits per heavy atom. The average molecular weight is 307 g/mol. The lowest BCUT2D eigenvalue weighted by Gasteiger charge is -2.02. The summed E-state index contributed by atoms with van der Waals surface area (Å²) >= 11 is 3.53. The van der Waals surface area contributed by atoms with E-state index in [0.29, 0.717) is 6.42 Å². The summed E-state index contributed by atoms with van der Waals surface area (Å²) in [7, 11) is 1.87. The molecule has 2 rings (SSSR count). The summed E-state index contributed by atoms with van der Waals surface area (Å²) in [5.74, 6) is 0.113. The van der Waals surface area contributed by atoms with E-state index in [0.717, 1.165) is 27.8 Å². The minimum atomic E-state index is 0.113. The minimum absolute atomic E-state index is 0.113. The number of Topliss-reactive ketones (excluding diaryl/α,β-unsaturated/α-hetero) is 1. The molecule has 0 atom stereocenters. The molecule has 0 radical (unpaired) electrons. The molecule has 94 valence electrons. The van der Waals surface area contributed by atoms with Crippen LogP contribution in [0.2, 0.25) is 0 Å². The highest BCUT2D eigenvalue weighted by atomic mass is 79.9. The topological polar surface area (TPSA) is 34.9 Å². The summed E-state index contributed by atoms with van der Waals surface area (Å²) in [6.45, 7) is 2.05. The lowest BCUT2D eigenvalue weighted by Crippen LogP contribution is -2.08. The normalized spacial score (nSPS) is 10.6. The van der Waals surface area contributed by atoms with Gasteiger partial charge in [-0.25, -0.2) is 0 Å². The van der Waals surface area contributed by atoms with Gasteiger partial charge in [0, 0.05) is 12.6 Å². The Balaban J connectivity index is 2.25. The average Bonchev–Trinajstić information content (AvgIpc) is 2.67. The second-order valence-electron chi connectivity index (χ2n) is 4.15. The molecule has 0 amide bonds. The van der Waals surface area contributed by atoms with Crippen molar-refractivity contribution < 1.29 is 4.79 Å². The van der Waals surface area contributed by atoms with Crippen LogP contribution in [-0.4, -0.2) is 15.6 Å². The second kappa shape index (κ2) is 5.48. The van der Waals surface area contributed by atoms with E-state index in [9.17, 15) is 4.79 Å². The fourth-order valence-corrected chi connectivity index (χ4v) is 2.65. The van der Waals surface area contributed by atoms with Gasteiger partial charge < -0.3 is 0 Å². The molecular weight excluding hydrogens is 292 g/mol.